The van der Waals surface area contributed by atoms with Crippen LogP contribution in [0.25, 0.3) is 0 Å². The fraction of sp³-hybridized carbons (Fsp3) is 0.450. The molecule has 4 rings (SSSR count). The Morgan fingerprint density at radius 2 is 2.26 bits per heavy atom. The lowest BCUT2D eigenvalue weighted by atomic mass is 9.80. The molecule has 2 amide bonds. The molecule has 2 aliphatic rings. The van der Waals surface area contributed by atoms with Gasteiger partial charge in [-0.25, -0.2) is 0 Å². The van der Waals surface area contributed by atoms with Gasteiger partial charge in [0.25, 0.3) is 11.8 Å². The number of thiophene rings is 1. The molecular weight excluding hydrogens is 362 g/mol. The lowest BCUT2D eigenvalue weighted by Gasteiger charge is -2.44. The Hall–Kier alpha value is -2.25. The van der Waals surface area contributed by atoms with Gasteiger partial charge in [0, 0.05) is 30.6 Å². The van der Waals surface area contributed by atoms with Gasteiger partial charge in [0.15, 0.2) is 0 Å². The third-order valence-electron chi connectivity index (χ3n) is 5.68. The van der Waals surface area contributed by atoms with Crippen molar-refractivity contribution in [3.63, 3.8) is 0 Å². The van der Waals surface area contributed by atoms with Gasteiger partial charge in [0.1, 0.15) is 6.10 Å². The number of anilines is 1. The molecule has 0 saturated carbocycles. The zero-order valence-corrected chi connectivity index (χ0v) is 16.1. The molecule has 6 nitrogen and oxygen atoms in total. The van der Waals surface area contributed by atoms with E-state index in [1.165, 1.54) is 11.3 Å². The summed E-state index contributed by atoms with van der Waals surface area (Å²) in [7, 11) is 0. The van der Waals surface area contributed by atoms with E-state index in [0.717, 1.165) is 18.4 Å². The summed E-state index contributed by atoms with van der Waals surface area (Å²) in [5.41, 5.74) is 1.11. The Morgan fingerprint density at radius 1 is 1.37 bits per heavy atom. The van der Waals surface area contributed by atoms with Crippen molar-refractivity contribution in [1.82, 2.24) is 9.88 Å². The minimum atomic E-state index is -0.452. The van der Waals surface area contributed by atoms with E-state index in [2.05, 4.69) is 17.2 Å². The van der Waals surface area contributed by atoms with Crippen molar-refractivity contribution in [2.45, 2.75) is 37.9 Å². The maximum atomic E-state index is 12.6. The van der Waals surface area contributed by atoms with Crippen molar-refractivity contribution in [1.29, 1.82) is 0 Å². The van der Waals surface area contributed by atoms with E-state index in [0.29, 0.717) is 25.2 Å². The first kappa shape index (κ1) is 18.1. The number of pyridine rings is 1. The number of rotatable bonds is 3. The smallest absolute Gasteiger partial charge is 0.254 e. The number of likely N-dealkylation sites (tertiary alicyclic amines) is 1. The van der Waals surface area contributed by atoms with Crippen molar-refractivity contribution in [2.75, 3.05) is 18.4 Å². The summed E-state index contributed by atoms with van der Waals surface area (Å²) < 4.78 is 6.29. The van der Waals surface area contributed by atoms with Gasteiger partial charge < -0.3 is 15.0 Å². The quantitative estimate of drug-likeness (QED) is 0.881. The zero-order valence-electron chi connectivity index (χ0n) is 15.3. The summed E-state index contributed by atoms with van der Waals surface area (Å²) in [5, 5.41) is 6.69. The molecule has 0 aliphatic carbocycles. The third-order valence-corrected chi connectivity index (χ3v) is 6.36. The van der Waals surface area contributed by atoms with Gasteiger partial charge in [0.05, 0.1) is 23.0 Å². The number of aromatic nitrogens is 1. The van der Waals surface area contributed by atoms with Crippen molar-refractivity contribution in [3.05, 3.63) is 46.9 Å². The molecule has 2 saturated heterocycles. The van der Waals surface area contributed by atoms with Crippen LogP contribution < -0.4 is 5.32 Å². The molecule has 0 aromatic carbocycles. The van der Waals surface area contributed by atoms with Crippen LogP contribution in [0.1, 0.15) is 36.5 Å². The molecule has 27 heavy (non-hydrogen) atoms. The fourth-order valence-corrected chi connectivity index (χ4v) is 4.71. The van der Waals surface area contributed by atoms with E-state index in [1.807, 2.05) is 27.8 Å². The molecule has 2 aliphatic heterocycles. The van der Waals surface area contributed by atoms with Crippen LogP contribution >= 0.6 is 11.3 Å². The molecule has 4 heterocycles. The van der Waals surface area contributed by atoms with Gasteiger partial charge in [-0.15, -0.1) is 0 Å². The second-order valence-electron chi connectivity index (χ2n) is 7.36. The topological polar surface area (TPSA) is 71.5 Å². The van der Waals surface area contributed by atoms with Crippen LogP contribution in [0.2, 0.25) is 0 Å². The highest BCUT2D eigenvalue weighted by atomic mass is 32.1. The van der Waals surface area contributed by atoms with Crippen molar-refractivity contribution in [3.8, 4) is 0 Å². The van der Waals surface area contributed by atoms with Crippen LogP contribution in [0.5, 0.6) is 0 Å². The Bertz CT molecular complexity index is 811. The van der Waals surface area contributed by atoms with E-state index < -0.39 is 6.10 Å². The lowest BCUT2D eigenvalue weighted by molar-refractivity contribution is -0.141. The standard InChI is InChI=1S/C20H23N3O3S/c1-14-12-23(19(25)15-5-10-27-13-15)9-7-20(14)6-4-17(26-20)18(24)22-16-3-2-8-21-11-16/h2-3,5,8,10-11,13-14,17H,4,6-7,9,12H2,1H3,(H,22,24)/t14-,17+,20+/m1/s1. The van der Waals surface area contributed by atoms with Gasteiger partial charge in [0.2, 0.25) is 0 Å². The van der Waals surface area contributed by atoms with Crippen molar-refractivity contribution >= 4 is 28.8 Å². The number of nitrogens with zero attached hydrogens (tertiary/aromatic N) is 2. The van der Waals surface area contributed by atoms with Gasteiger partial charge >= 0.3 is 0 Å². The maximum Gasteiger partial charge on any atom is 0.254 e. The van der Waals surface area contributed by atoms with Gasteiger partial charge in [-0.1, -0.05) is 6.92 Å². The largest absolute Gasteiger partial charge is 0.362 e. The molecule has 1 spiro atoms. The van der Waals surface area contributed by atoms with Crippen molar-refractivity contribution in [2.24, 2.45) is 5.92 Å². The van der Waals surface area contributed by atoms with Crippen LogP contribution in [0.15, 0.2) is 41.4 Å². The summed E-state index contributed by atoms with van der Waals surface area (Å²) >= 11 is 1.53. The van der Waals surface area contributed by atoms with Crippen molar-refractivity contribution < 1.29 is 14.3 Å². The van der Waals surface area contributed by atoms with Gasteiger partial charge in [-0.05, 0) is 42.8 Å². The fourth-order valence-electron chi connectivity index (χ4n) is 4.08. The summed E-state index contributed by atoms with van der Waals surface area (Å²) in [6.45, 7) is 3.44. The molecule has 2 fully saturated rings. The number of nitrogens with one attached hydrogen (secondary N) is 1. The van der Waals surface area contributed by atoms with Gasteiger partial charge in [-0.3, -0.25) is 14.6 Å². The van der Waals surface area contributed by atoms with Crippen LogP contribution in [0.3, 0.4) is 0 Å². The number of hydrogen-bond acceptors (Lipinski definition) is 5. The molecule has 7 heteroatoms. The summed E-state index contributed by atoms with van der Waals surface area (Å²) in [6.07, 6.45) is 5.16. The lowest BCUT2D eigenvalue weighted by Crippen LogP contribution is -2.52. The molecule has 3 atom stereocenters. The molecule has 1 N–H and O–H groups in total. The molecule has 0 radical (unpaired) electrons. The first-order valence-corrected chi connectivity index (χ1v) is 10.2. The van der Waals surface area contributed by atoms with Gasteiger partial charge in [-0.2, -0.15) is 11.3 Å². The average molecular weight is 385 g/mol. The highest BCUT2D eigenvalue weighted by Crippen LogP contribution is 2.42. The first-order chi connectivity index (χ1) is 13.1. The zero-order chi connectivity index (χ0) is 18.9. The molecule has 142 valence electrons. The maximum absolute atomic E-state index is 12.6. The number of ether oxygens (including phenoxy) is 1. The van der Waals surface area contributed by atoms with E-state index in [-0.39, 0.29) is 23.3 Å². The number of carbonyl (C=O) groups excluding carboxylic acids is 2. The number of carbonyl (C=O) groups is 2. The Morgan fingerprint density at radius 3 is 2.96 bits per heavy atom. The number of piperidine rings is 1. The van der Waals surface area contributed by atoms with Crippen LogP contribution in [-0.4, -0.2) is 46.5 Å². The van der Waals surface area contributed by atoms with Crippen LogP contribution in [0.4, 0.5) is 5.69 Å². The van der Waals surface area contributed by atoms with E-state index in [9.17, 15) is 9.59 Å². The Balaban J connectivity index is 1.37. The second-order valence-corrected chi connectivity index (χ2v) is 8.14. The molecule has 0 bridgehead atoms. The predicted octanol–water partition coefficient (Wildman–Crippen LogP) is 3.18. The normalized spacial score (nSPS) is 27.7. The minimum absolute atomic E-state index is 0.0850. The SMILES string of the molecule is C[C@@H]1CN(C(=O)c2ccsc2)CC[C@@]12CC[C@@H](C(=O)Nc1cccnc1)O2. The second kappa shape index (κ2) is 7.40. The minimum Gasteiger partial charge on any atom is -0.362 e. The number of amides is 2. The summed E-state index contributed by atoms with van der Waals surface area (Å²) in [4.78, 5) is 31.1. The molecule has 2 aromatic rings. The molecule has 2 aromatic heterocycles. The highest BCUT2D eigenvalue weighted by Gasteiger charge is 2.49. The monoisotopic (exact) mass is 385 g/mol. The molecule has 0 unspecified atom stereocenters. The van der Waals surface area contributed by atoms with E-state index >= 15 is 0 Å². The van der Waals surface area contributed by atoms with E-state index in [4.69, 9.17) is 4.74 Å². The highest BCUT2D eigenvalue weighted by molar-refractivity contribution is 7.08. The van der Waals surface area contributed by atoms with Crippen LogP contribution in [-0.2, 0) is 9.53 Å². The summed E-state index contributed by atoms with van der Waals surface area (Å²) in [6, 6.07) is 5.47. The third kappa shape index (κ3) is 3.61. The first-order valence-electron chi connectivity index (χ1n) is 9.27. The Labute approximate surface area is 162 Å². The predicted molar refractivity (Wildman–Crippen MR) is 104 cm³/mol. The number of hydrogen-bond donors (Lipinski definition) is 1. The Kier molecular flexibility index (Phi) is 4.97. The summed E-state index contributed by atoms with van der Waals surface area (Å²) in [5.74, 6) is 0.149. The van der Waals surface area contributed by atoms with E-state index in [1.54, 1.807) is 18.5 Å². The molecular formula is C20H23N3O3S. The van der Waals surface area contributed by atoms with Crippen LogP contribution in [0, 0.1) is 5.92 Å². The average Bonchev–Trinajstić information content (AvgIpc) is 3.35.